The van der Waals surface area contributed by atoms with Crippen molar-refractivity contribution >= 4 is 34.0 Å². The van der Waals surface area contributed by atoms with E-state index < -0.39 is 6.04 Å². The smallest absolute Gasteiger partial charge is 0.251 e. The van der Waals surface area contributed by atoms with E-state index >= 15 is 0 Å². The van der Waals surface area contributed by atoms with Gasteiger partial charge in [-0.25, -0.2) is 5.43 Å². The van der Waals surface area contributed by atoms with Crippen molar-refractivity contribution in [2.75, 3.05) is 6.79 Å². The van der Waals surface area contributed by atoms with Crippen LogP contribution in [0.25, 0.3) is 0 Å². The number of hydrazone groups is 1. The number of amides is 2. The van der Waals surface area contributed by atoms with Gasteiger partial charge in [0.25, 0.3) is 5.91 Å². The summed E-state index contributed by atoms with van der Waals surface area (Å²) in [5.74, 6) is 0.687. The molecule has 0 unspecified atom stereocenters. The van der Waals surface area contributed by atoms with Crippen molar-refractivity contribution in [3.8, 4) is 11.5 Å². The molecule has 7 nitrogen and oxygen atoms in total. The van der Waals surface area contributed by atoms with Crippen LogP contribution in [0.2, 0.25) is 0 Å². The van der Waals surface area contributed by atoms with Gasteiger partial charge < -0.3 is 14.8 Å². The number of nitrogens with zero attached hydrogens (tertiary/aromatic N) is 1. The monoisotopic (exact) mass is 493 g/mol. The van der Waals surface area contributed by atoms with Crippen molar-refractivity contribution in [2.45, 2.75) is 12.5 Å². The SMILES string of the molecule is O=C(C[C@@H](NC(=O)c1ccccc1)c1ccccc1)N/N=C\c1cc2c(cc1Br)OCO2. The summed E-state index contributed by atoms with van der Waals surface area (Å²) in [5.41, 5.74) is 4.61. The van der Waals surface area contributed by atoms with Gasteiger partial charge in [0.05, 0.1) is 18.7 Å². The first-order valence-corrected chi connectivity index (χ1v) is 10.7. The maximum atomic E-state index is 12.6. The van der Waals surface area contributed by atoms with Crippen LogP contribution in [0.1, 0.15) is 33.9 Å². The predicted octanol–water partition coefficient (Wildman–Crippen LogP) is 4.19. The second kappa shape index (κ2) is 10.1. The fraction of sp³-hybridized carbons (Fsp3) is 0.125. The Morgan fingerprint density at radius 3 is 2.38 bits per heavy atom. The molecule has 0 aliphatic carbocycles. The Balaban J connectivity index is 1.42. The van der Waals surface area contributed by atoms with Gasteiger partial charge in [0.1, 0.15) is 0 Å². The highest BCUT2D eigenvalue weighted by Crippen LogP contribution is 2.36. The Bertz CT molecular complexity index is 1140. The van der Waals surface area contributed by atoms with Crippen LogP contribution >= 0.6 is 15.9 Å². The second-order valence-electron chi connectivity index (χ2n) is 7.03. The molecule has 4 rings (SSSR count). The molecule has 1 aliphatic rings. The van der Waals surface area contributed by atoms with E-state index in [1.165, 1.54) is 6.21 Å². The van der Waals surface area contributed by atoms with Gasteiger partial charge in [0.15, 0.2) is 11.5 Å². The van der Waals surface area contributed by atoms with Gasteiger partial charge in [-0.3, -0.25) is 9.59 Å². The maximum absolute atomic E-state index is 12.6. The minimum atomic E-state index is -0.503. The molecule has 162 valence electrons. The van der Waals surface area contributed by atoms with E-state index in [0.29, 0.717) is 17.1 Å². The van der Waals surface area contributed by atoms with Crippen LogP contribution in [0, 0.1) is 0 Å². The first-order chi connectivity index (χ1) is 15.6. The quantitative estimate of drug-likeness (QED) is 0.381. The zero-order valence-electron chi connectivity index (χ0n) is 17.0. The zero-order chi connectivity index (χ0) is 22.3. The summed E-state index contributed by atoms with van der Waals surface area (Å²) in [4.78, 5) is 25.2. The van der Waals surface area contributed by atoms with E-state index in [0.717, 1.165) is 15.6 Å². The number of halogens is 1. The number of carbonyl (C=O) groups excluding carboxylic acids is 2. The molecule has 8 heteroatoms. The summed E-state index contributed by atoms with van der Waals surface area (Å²) in [7, 11) is 0. The average Bonchev–Trinajstić information content (AvgIpc) is 3.27. The van der Waals surface area contributed by atoms with E-state index in [1.807, 2.05) is 36.4 Å². The predicted molar refractivity (Wildman–Crippen MR) is 124 cm³/mol. The Kier molecular flexibility index (Phi) is 6.81. The Morgan fingerprint density at radius 2 is 1.66 bits per heavy atom. The minimum Gasteiger partial charge on any atom is -0.454 e. The molecule has 0 spiro atoms. The van der Waals surface area contributed by atoms with E-state index in [-0.39, 0.29) is 25.0 Å². The van der Waals surface area contributed by atoms with Crippen LogP contribution in [0.15, 0.2) is 82.4 Å². The Hall–Kier alpha value is -3.65. The topological polar surface area (TPSA) is 89.0 Å². The molecule has 0 bridgehead atoms. The Morgan fingerprint density at radius 1 is 1.00 bits per heavy atom. The molecule has 3 aromatic rings. The van der Waals surface area contributed by atoms with Crippen molar-refractivity contribution in [3.63, 3.8) is 0 Å². The summed E-state index contributed by atoms with van der Waals surface area (Å²) in [5, 5.41) is 6.98. The fourth-order valence-corrected chi connectivity index (χ4v) is 3.63. The van der Waals surface area contributed by atoms with Gasteiger partial charge >= 0.3 is 0 Å². The first-order valence-electron chi connectivity index (χ1n) is 9.92. The molecule has 1 aliphatic heterocycles. The van der Waals surface area contributed by atoms with Gasteiger partial charge in [-0.1, -0.05) is 48.5 Å². The number of hydrogen-bond acceptors (Lipinski definition) is 5. The molecule has 1 heterocycles. The third-order valence-electron chi connectivity index (χ3n) is 4.82. The molecular formula is C24H20BrN3O4. The van der Waals surface area contributed by atoms with Gasteiger partial charge in [0.2, 0.25) is 12.7 Å². The first kappa shape index (κ1) is 21.6. The summed E-state index contributed by atoms with van der Waals surface area (Å²) < 4.78 is 11.5. The molecule has 0 aromatic heterocycles. The fourth-order valence-electron chi connectivity index (χ4n) is 3.21. The van der Waals surface area contributed by atoms with Crippen molar-refractivity contribution in [1.29, 1.82) is 0 Å². The average molecular weight is 494 g/mol. The molecule has 0 fully saturated rings. The number of fused-ring (bicyclic) bond motifs is 1. The Labute approximate surface area is 193 Å². The van der Waals surface area contributed by atoms with Crippen LogP contribution in [0.3, 0.4) is 0 Å². The number of nitrogens with one attached hydrogen (secondary N) is 2. The number of benzene rings is 3. The van der Waals surface area contributed by atoms with E-state index in [1.54, 1.807) is 36.4 Å². The van der Waals surface area contributed by atoms with E-state index in [2.05, 4.69) is 31.8 Å². The highest BCUT2D eigenvalue weighted by molar-refractivity contribution is 9.10. The maximum Gasteiger partial charge on any atom is 0.251 e. The number of carbonyl (C=O) groups is 2. The van der Waals surface area contributed by atoms with Gasteiger partial charge in [0, 0.05) is 15.6 Å². The van der Waals surface area contributed by atoms with Crippen molar-refractivity contribution in [2.24, 2.45) is 5.10 Å². The van der Waals surface area contributed by atoms with Crippen LogP contribution in [0.4, 0.5) is 0 Å². The number of rotatable bonds is 7. The normalized spacial score (nSPS) is 13.0. The zero-order valence-corrected chi connectivity index (χ0v) is 18.5. The van der Waals surface area contributed by atoms with Gasteiger partial charge in [-0.15, -0.1) is 0 Å². The number of hydrogen-bond donors (Lipinski definition) is 2. The molecule has 0 radical (unpaired) electrons. The lowest BCUT2D eigenvalue weighted by Gasteiger charge is -2.18. The lowest BCUT2D eigenvalue weighted by Crippen LogP contribution is -2.32. The second-order valence-corrected chi connectivity index (χ2v) is 7.88. The molecule has 2 N–H and O–H groups in total. The van der Waals surface area contributed by atoms with Crippen LogP contribution in [-0.2, 0) is 4.79 Å². The molecule has 1 atom stereocenters. The summed E-state index contributed by atoms with van der Waals surface area (Å²) in [6.45, 7) is 0.175. The molecule has 3 aromatic carbocycles. The molecule has 0 saturated carbocycles. The van der Waals surface area contributed by atoms with Crippen LogP contribution in [-0.4, -0.2) is 24.8 Å². The van der Waals surface area contributed by atoms with E-state index in [4.69, 9.17) is 9.47 Å². The van der Waals surface area contributed by atoms with Gasteiger partial charge in [-0.2, -0.15) is 5.10 Å². The number of ether oxygens (including phenoxy) is 2. The highest BCUT2D eigenvalue weighted by atomic mass is 79.9. The molecule has 2 amide bonds. The molecular weight excluding hydrogens is 474 g/mol. The lowest BCUT2D eigenvalue weighted by molar-refractivity contribution is -0.121. The van der Waals surface area contributed by atoms with Crippen LogP contribution < -0.4 is 20.2 Å². The standard InChI is InChI=1S/C24H20BrN3O4/c25-19-12-22-21(31-15-32-22)11-18(19)14-26-28-23(29)13-20(16-7-3-1-4-8-16)27-24(30)17-9-5-2-6-10-17/h1-12,14,20H,13,15H2,(H,27,30)(H,28,29)/b26-14-/t20-/m1/s1. The largest absolute Gasteiger partial charge is 0.454 e. The van der Waals surface area contributed by atoms with Crippen LogP contribution in [0.5, 0.6) is 11.5 Å². The lowest BCUT2D eigenvalue weighted by atomic mass is 10.0. The third-order valence-corrected chi connectivity index (χ3v) is 5.50. The highest BCUT2D eigenvalue weighted by Gasteiger charge is 2.19. The minimum absolute atomic E-state index is 0.0300. The summed E-state index contributed by atoms with van der Waals surface area (Å²) in [6, 6.07) is 21.3. The molecule has 32 heavy (non-hydrogen) atoms. The van der Waals surface area contributed by atoms with Crippen molar-refractivity contribution < 1.29 is 19.1 Å². The molecule has 0 saturated heterocycles. The third kappa shape index (κ3) is 5.33. The summed E-state index contributed by atoms with van der Waals surface area (Å²) in [6.07, 6.45) is 1.55. The van der Waals surface area contributed by atoms with Gasteiger partial charge in [-0.05, 0) is 45.8 Å². The van der Waals surface area contributed by atoms with E-state index in [9.17, 15) is 9.59 Å². The summed E-state index contributed by atoms with van der Waals surface area (Å²) >= 11 is 3.45. The van der Waals surface area contributed by atoms with Crippen molar-refractivity contribution in [3.05, 3.63) is 94.0 Å². The van der Waals surface area contributed by atoms with Crippen molar-refractivity contribution in [1.82, 2.24) is 10.7 Å².